The lowest BCUT2D eigenvalue weighted by Gasteiger charge is -2.09. The molecule has 3 heterocycles. The lowest BCUT2D eigenvalue weighted by atomic mass is 10.2. The Kier molecular flexibility index (Phi) is 5.36. The molecule has 1 aromatic carbocycles. The van der Waals surface area contributed by atoms with E-state index in [1.54, 1.807) is 6.26 Å². The number of hydrogen-bond acceptors (Lipinski definition) is 7. The van der Waals surface area contributed by atoms with Gasteiger partial charge < -0.3 is 14.3 Å². The highest BCUT2D eigenvalue weighted by Gasteiger charge is 2.18. The summed E-state index contributed by atoms with van der Waals surface area (Å²) in [5.74, 6) is 1.57. The van der Waals surface area contributed by atoms with Gasteiger partial charge in [0.05, 0.1) is 29.5 Å². The minimum absolute atomic E-state index is 0.0984. The number of benzene rings is 1. The molecule has 0 atom stereocenters. The zero-order valence-corrected chi connectivity index (χ0v) is 17.1. The molecule has 0 aliphatic heterocycles. The molecule has 3 aromatic heterocycles. The number of amides is 1. The summed E-state index contributed by atoms with van der Waals surface area (Å²) >= 11 is 1.25. The number of anilines is 1. The van der Waals surface area contributed by atoms with Crippen LogP contribution in [0.25, 0.3) is 17.1 Å². The molecule has 0 aliphatic rings. The highest BCUT2D eigenvalue weighted by molar-refractivity contribution is 7.99. The molecule has 4 aromatic rings. The molecule has 0 spiro atoms. The summed E-state index contributed by atoms with van der Waals surface area (Å²) in [4.78, 5) is 12.6. The molecular formula is C20H17N7O2S. The van der Waals surface area contributed by atoms with Gasteiger partial charge in [0.1, 0.15) is 17.4 Å². The third-order valence-electron chi connectivity index (χ3n) is 4.42. The molecule has 1 N–H and O–H groups in total. The van der Waals surface area contributed by atoms with Crippen LogP contribution in [0.15, 0.2) is 58.4 Å². The summed E-state index contributed by atoms with van der Waals surface area (Å²) in [6.45, 7) is 1.85. The maximum Gasteiger partial charge on any atom is 0.236 e. The fourth-order valence-corrected chi connectivity index (χ4v) is 3.62. The van der Waals surface area contributed by atoms with Gasteiger partial charge in [0.15, 0.2) is 16.8 Å². The van der Waals surface area contributed by atoms with Gasteiger partial charge in [-0.2, -0.15) is 10.4 Å². The van der Waals surface area contributed by atoms with E-state index in [0.717, 1.165) is 17.0 Å². The summed E-state index contributed by atoms with van der Waals surface area (Å²) in [6, 6.07) is 13.2. The monoisotopic (exact) mass is 419 g/mol. The predicted octanol–water partition coefficient (Wildman–Crippen LogP) is 3.17. The molecule has 0 saturated heterocycles. The number of rotatable bonds is 6. The number of thioether (sulfide) groups is 1. The van der Waals surface area contributed by atoms with Crippen LogP contribution in [-0.2, 0) is 11.8 Å². The van der Waals surface area contributed by atoms with Crippen LogP contribution in [0.4, 0.5) is 5.82 Å². The van der Waals surface area contributed by atoms with Crippen LogP contribution in [0.1, 0.15) is 11.3 Å². The van der Waals surface area contributed by atoms with E-state index in [4.69, 9.17) is 4.42 Å². The number of para-hydroxylation sites is 1. The normalized spacial score (nSPS) is 10.7. The first-order valence-corrected chi connectivity index (χ1v) is 9.97. The molecule has 30 heavy (non-hydrogen) atoms. The number of nitriles is 1. The van der Waals surface area contributed by atoms with E-state index in [9.17, 15) is 10.1 Å². The Morgan fingerprint density at radius 1 is 1.27 bits per heavy atom. The summed E-state index contributed by atoms with van der Waals surface area (Å²) < 4.78 is 8.66. The summed E-state index contributed by atoms with van der Waals surface area (Å²) in [5.41, 5.74) is 1.88. The largest absolute Gasteiger partial charge is 0.469 e. The first kappa shape index (κ1) is 19.5. The van der Waals surface area contributed by atoms with E-state index in [1.165, 1.54) is 22.6 Å². The standard InChI is InChI=1S/C20H17N7O2S/c1-13-16(8-9-29-13)19-24-25-20(26(19)2)30-12-17(28)23-18-14(10-21)11-22-27(18)15-6-4-3-5-7-15/h3-9,11H,12H2,1-2H3,(H,23,28). The third-order valence-corrected chi connectivity index (χ3v) is 5.44. The number of carbonyl (C=O) groups is 1. The van der Waals surface area contributed by atoms with Crippen LogP contribution in [0.5, 0.6) is 0 Å². The second-order valence-corrected chi connectivity index (χ2v) is 7.30. The van der Waals surface area contributed by atoms with Gasteiger partial charge in [-0.15, -0.1) is 10.2 Å². The second kappa shape index (κ2) is 8.26. The minimum atomic E-state index is -0.279. The van der Waals surface area contributed by atoms with E-state index >= 15 is 0 Å². The fourth-order valence-electron chi connectivity index (χ4n) is 2.91. The minimum Gasteiger partial charge on any atom is -0.469 e. The molecule has 0 fully saturated rings. The van der Waals surface area contributed by atoms with E-state index in [0.29, 0.717) is 16.8 Å². The maximum atomic E-state index is 12.6. The van der Waals surface area contributed by atoms with Crippen molar-refractivity contribution in [1.29, 1.82) is 5.26 Å². The van der Waals surface area contributed by atoms with Crippen LogP contribution in [0.3, 0.4) is 0 Å². The number of aryl methyl sites for hydroxylation is 1. The Balaban J connectivity index is 1.48. The molecule has 0 aliphatic carbocycles. The van der Waals surface area contributed by atoms with Crippen LogP contribution in [0.2, 0.25) is 0 Å². The van der Waals surface area contributed by atoms with Crippen LogP contribution < -0.4 is 5.32 Å². The highest BCUT2D eigenvalue weighted by atomic mass is 32.2. The van der Waals surface area contributed by atoms with Gasteiger partial charge in [0.2, 0.25) is 5.91 Å². The highest BCUT2D eigenvalue weighted by Crippen LogP contribution is 2.26. The first-order chi connectivity index (χ1) is 14.6. The second-order valence-electron chi connectivity index (χ2n) is 6.36. The van der Waals surface area contributed by atoms with E-state index in [1.807, 2.05) is 54.9 Å². The first-order valence-electron chi connectivity index (χ1n) is 8.98. The number of nitrogens with zero attached hydrogens (tertiary/aromatic N) is 6. The number of carbonyl (C=O) groups excluding carboxylic acids is 1. The number of aromatic nitrogens is 5. The number of furan rings is 1. The molecule has 150 valence electrons. The lowest BCUT2D eigenvalue weighted by molar-refractivity contribution is -0.113. The van der Waals surface area contributed by atoms with Crippen molar-refractivity contribution >= 4 is 23.5 Å². The molecule has 0 radical (unpaired) electrons. The Morgan fingerprint density at radius 2 is 2.07 bits per heavy atom. The number of nitrogens with one attached hydrogen (secondary N) is 1. The topological polar surface area (TPSA) is 115 Å². The Morgan fingerprint density at radius 3 is 2.77 bits per heavy atom. The molecule has 10 heteroatoms. The van der Waals surface area contributed by atoms with E-state index < -0.39 is 0 Å². The van der Waals surface area contributed by atoms with Crippen molar-refractivity contribution < 1.29 is 9.21 Å². The van der Waals surface area contributed by atoms with Gasteiger partial charge >= 0.3 is 0 Å². The van der Waals surface area contributed by atoms with Gasteiger partial charge in [0, 0.05) is 7.05 Å². The average molecular weight is 419 g/mol. The molecular weight excluding hydrogens is 402 g/mol. The van der Waals surface area contributed by atoms with Crippen LogP contribution >= 0.6 is 11.8 Å². The maximum absolute atomic E-state index is 12.6. The van der Waals surface area contributed by atoms with Gasteiger partial charge in [-0.3, -0.25) is 4.79 Å². The zero-order valence-electron chi connectivity index (χ0n) is 16.2. The van der Waals surface area contributed by atoms with Crippen molar-refractivity contribution in [3.8, 4) is 23.1 Å². The summed E-state index contributed by atoms with van der Waals surface area (Å²) in [5, 5.41) is 25.3. The molecule has 0 saturated carbocycles. The molecule has 0 bridgehead atoms. The lowest BCUT2D eigenvalue weighted by Crippen LogP contribution is -2.18. The molecule has 4 rings (SSSR count). The Hall–Kier alpha value is -3.84. The zero-order chi connectivity index (χ0) is 21.1. The van der Waals surface area contributed by atoms with Crippen molar-refractivity contribution in [2.75, 3.05) is 11.1 Å². The summed E-state index contributed by atoms with van der Waals surface area (Å²) in [7, 11) is 1.83. The van der Waals surface area contributed by atoms with Gasteiger partial charge in [-0.05, 0) is 25.1 Å². The SMILES string of the molecule is Cc1occc1-c1nnc(SCC(=O)Nc2c(C#N)cnn2-c2ccccc2)n1C. The third kappa shape index (κ3) is 3.70. The van der Waals surface area contributed by atoms with Gasteiger partial charge in [-0.1, -0.05) is 30.0 Å². The summed E-state index contributed by atoms with van der Waals surface area (Å²) in [6.07, 6.45) is 3.03. The van der Waals surface area contributed by atoms with E-state index in [-0.39, 0.29) is 17.2 Å². The smallest absolute Gasteiger partial charge is 0.236 e. The molecule has 9 nitrogen and oxygen atoms in total. The van der Waals surface area contributed by atoms with Crippen molar-refractivity contribution in [1.82, 2.24) is 24.5 Å². The van der Waals surface area contributed by atoms with Gasteiger partial charge in [-0.25, -0.2) is 4.68 Å². The van der Waals surface area contributed by atoms with Crippen LogP contribution in [0, 0.1) is 18.3 Å². The van der Waals surface area contributed by atoms with Crippen molar-refractivity contribution in [3.05, 3.63) is 60.2 Å². The fraction of sp³-hybridized carbons (Fsp3) is 0.150. The van der Waals surface area contributed by atoms with E-state index in [2.05, 4.69) is 26.7 Å². The van der Waals surface area contributed by atoms with Gasteiger partial charge in [0.25, 0.3) is 0 Å². The molecule has 0 unspecified atom stereocenters. The Labute approximate surface area is 176 Å². The van der Waals surface area contributed by atoms with Crippen molar-refractivity contribution in [2.24, 2.45) is 7.05 Å². The average Bonchev–Trinajstić information content (AvgIpc) is 3.46. The van der Waals surface area contributed by atoms with Crippen molar-refractivity contribution in [2.45, 2.75) is 12.1 Å². The van der Waals surface area contributed by atoms with Crippen molar-refractivity contribution in [3.63, 3.8) is 0 Å². The molecule has 1 amide bonds. The number of hydrogen-bond donors (Lipinski definition) is 1. The Bertz CT molecular complexity index is 1230. The quantitative estimate of drug-likeness (QED) is 0.477. The van der Waals surface area contributed by atoms with Crippen LogP contribution in [-0.4, -0.2) is 36.2 Å². The predicted molar refractivity (Wildman–Crippen MR) is 111 cm³/mol.